The van der Waals surface area contributed by atoms with Crippen LogP contribution in [0.25, 0.3) is 11.0 Å². The molecule has 0 atom stereocenters. The Kier molecular flexibility index (Phi) is 8.86. The summed E-state index contributed by atoms with van der Waals surface area (Å²) in [6.45, 7) is -1.18. The van der Waals surface area contributed by atoms with E-state index in [9.17, 15) is 40.3 Å². The Bertz CT molecular complexity index is 1600. The second kappa shape index (κ2) is 12.2. The number of amides is 2. The minimum Gasteiger partial charge on any atom is -0.487 e. The molecule has 3 N–H and O–H groups in total. The van der Waals surface area contributed by atoms with Crippen molar-refractivity contribution in [1.82, 2.24) is 20.2 Å². The summed E-state index contributed by atoms with van der Waals surface area (Å²) in [5, 5.41) is 8.26. The number of nitrogens with zero attached hydrogens (tertiary/aromatic N) is 2. The first kappa shape index (κ1) is 32.6. The molecule has 0 aliphatic heterocycles. The molecule has 244 valence electrons. The van der Waals surface area contributed by atoms with Gasteiger partial charge in [-0.25, -0.2) is 22.5 Å². The molecule has 5 rings (SSSR count). The molecule has 2 aliphatic carbocycles. The highest BCUT2D eigenvalue weighted by Gasteiger charge is 2.68. The molecule has 16 heteroatoms. The number of anilines is 2. The van der Waals surface area contributed by atoms with Crippen LogP contribution in [0.5, 0.6) is 5.75 Å². The Labute approximate surface area is 257 Å². The van der Waals surface area contributed by atoms with Gasteiger partial charge in [0, 0.05) is 38.5 Å². The van der Waals surface area contributed by atoms with Crippen LogP contribution in [-0.4, -0.2) is 52.5 Å². The molecule has 2 aromatic carbocycles. The predicted octanol–water partition coefficient (Wildman–Crippen LogP) is 6.88. The van der Waals surface area contributed by atoms with Gasteiger partial charge < -0.3 is 25.3 Å². The van der Waals surface area contributed by atoms with Crippen LogP contribution in [0.3, 0.4) is 0 Å². The number of aromatic nitrogens is 2. The van der Waals surface area contributed by atoms with E-state index in [1.54, 1.807) is 17.7 Å². The van der Waals surface area contributed by atoms with Gasteiger partial charge in [-0.2, -0.15) is 13.2 Å². The van der Waals surface area contributed by atoms with Crippen LogP contribution in [0.4, 0.5) is 42.4 Å². The van der Waals surface area contributed by atoms with Crippen LogP contribution < -0.4 is 20.7 Å². The van der Waals surface area contributed by atoms with Gasteiger partial charge in [-0.05, 0) is 49.4 Å². The van der Waals surface area contributed by atoms with E-state index >= 15 is 0 Å². The molecule has 2 amide bonds. The molecule has 1 aromatic heterocycles. The normalized spacial score (nSPS) is 17.7. The Hall–Kier alpha value is -3.75. The summed E-state index contributed by atoms with van der Waals surface area (Å²) in [5.41, 5.74) is -1.04. The Morgan fingerprint density at radius 2 is 1.80 bits per heavy atom. The lowest BCUT2D eigenvalue weighted by atomic mass is 9.92. The van der Waals surface area contributed by atoms with Crippen LogP contribution >= 0.6 is 11.6 Å². The summed E-state index contributed by atoms with van der Waals surface area (Å²) in [4.78, 5) is 29.9. The average molecular weight is 664 g/mol. The quantitative estimate of drug-likeness (QED) is 0.206. The van der Waals surface area contributed by atoms with Crippen LogP contribution in [0.15, 0.2) is 30.3 Å². The van der Waals surface area contributed by atoms with Gasteiger partial charge in [-0.1, -0.05) is 17.7 Å². The average Bonchev–Trinajstić information content (AvgIpc) is 3.74. The molecule has 2 saturated carbocycles. The van der Waals surface area contributed by atoms with E-state index in [4.69, 9.17) is 16.3 Å². The van der Waals surface area contributed by atoms with Gasteiger partial charge in [-0.3, -0.25) is 9.59 Å². The fraction of sp³-hybridized carbons (Fsp3) is 0.483. The van der Waals surface area contributed by atoms with Crippen molar-refractivity contribution in [3.8, 4) is 5.75 Å². The number of rotatable bonds is 10. The summed E-state index contributed by atoms with van der Waals surface area (Å²) < 4.78 is 99.8. The Morgan fingerprint density at radius 3 is 2.42 bits per heavy atom. The van der Waals surface area contributed by atoms with Crippen molar-refractivity contribution in [2.45, 2.75) is 69.6 Å². The highest BCUT2D eigenvalue weighted by molar-refractivity contribution is 6.33. The number of alkyl halides is 7. The lowest BCUT2D eigenvalue weighted by Crippen LogP contribution is -2.40. The first-order chi connectivity index (χ1) is 21.1. The fourth-order valence-corrected chi connectivity index (χ4v) is 5.41. The SMILES string of the molecule is Cn1c(Nc2cc(CNC(=O)C3(C(F)(F)F)CC3)ccc2Cl)nc2cc(C(=O)NC3CCC(F)(F)CC3)c(OCC(F)F)cc21. The summed E-state index contributed by atoms with van der Waals surface area (Å²) in [6.07, 6.45) is -8.65. The molecule has 3 aromatic rings. The van der Waals surface area contributed by atoms with E-state index in [2.05, 4.69) is 20.9 Å². The zero-order chi connectivity index (χ0) is 32.7. The molecule has 0 saturated heterocycles. The molecule has 1 heterocycles. The third-order valence-electron chi connectivity index (χ3n) is 8.10. The fourth-order valence-electron chi connectivity index (χ4n) is 5.24. The molecule has 45 heavy (non-hydrogen) atoms. The first-order valence-electron chi connectivity index (χ1n) is 14.1. The van der Waals surface area contributed by atoms with Crippen molar-refractivity contribution >= 4 is 46.1 Å². The number of fused-ring (bicyclic) bond motifs is 1. The van der Waals surface area contributed by atoms with E-state index in [0.717, 1.165) is 0 Å². The molecule has 0 spiro atoms. The third-order valence-corrected chi connectivity index (χ3v) is 8.43. The lowest BCUT2D eigenvalue weighted by Gasteiger charge is -2.29. The number of nitrogens with one attached hydrogen (secondary N) is 3. The zero-order valence-corrected chi connectivity index (χ0v) is 24.6. The summed E-state index contributed by atoms with van der Waals surface area (Å²) >= 11 is 6.35. The second-order valence-corrected chi connectivity index (χ2v) is 11.7. The zero-order valence-electron chi connectivity index (χ0n) is 23.8. The number of hydrogen-bond acceptors (Lipinski definition) is 5. The first-order valence-corrected chi connectivity index (χ1v) is 14.5. The molecule has 0 radical (unpaired) electrons. The summed E-state index contributed by atoms with van der Waals surface area (Å²) in [7, 11) is 1.60. The number of imidazole rings is 1. The number of benzene rings is 2. The van der Waals surface area contributed by atoms with E-state index in [1.165, 1.54) is 24.3 Å². The number of ether oxygens (including phenoxy) is 1. The van der Waals surface area contributed by atoms with E-state index in [0.29, 0.717) is 16.8 Å². The minimum atomic E-state index is -4.64. The van der Waals surface area contributed by atoms with Gasteiger partial charge in [0.2, 0.25) is 17.8 Å². The van der Waals surface area contributed by atoms with Crippen molar-refractivity contribution in [2.75, 3.05) is 11.9 Å². The van der Waals surface area contributed by atoms with E-state index < -0.39 is 48.4 Å². The number of carbonyl (C=O) groups is 2. The molecule has 8 nitrogen and oxygen atoms in total. The highest BCUT2D eigenvalue weighted by Crippen LogP contribution is 2.57. The maximum atomic E-state index is 13.6. The van der Waals surface area contributed by atoms with Crippen molar-refractivity contribution in [1.29, 1.82) is 0 Å². The van der Waals surface area contributed by atoms with Gasteiger partial charge >= 0.3 is 6.18 Å². The molecule has 0 bridgehead atoms. The van der Waals surface area contributed by atoms with Crippen LogP contribution in [-0.2, 0) is 18.4 Å². The Morgan fingerprint density at radius 1 is 1.11 bits per heavy atom. The molecular weight excluding hydrogens is 635 g/mol. The van der Waals surface area contributed by atoms with E-state index in [1.807, 2.05) is 0 Å². The molecular formula is C29H29ClF7N5O3. The van der Waals surface area contributed by atoms with Gasteiger partial charge in [-0.15, -0.1) is 0 Å². The standard InChI is InChI=1S/C29H29ClF7N5O3/c1-42-21-12-22(45-14-23(31)32)17(24(43)39-16-4-6-28(33,34)7-5-16)11-20(21)41-26(42)40-19-10-15(2-3-18(19)30)13-38-25(44)27(8-9-27)29(35,36)37/h2-3,10-12,16,23H,4-9,13-14H2,1H3,(H,38,44)(H,39,43)(H,40,41). The lowest BCUT2D eigenvalue weighted by molar-refractivity contribution is -0.192. The highest BCUT2D eigenvalue weighted by atomic mass is 35.5. The van der Waals surface area contributed by atoms with Gasteiger partial charge in [0.15, 0.2) is 0 Å². The maximum Gasteiger partial charge on any atom is 0.403 e. The number of carbonyl (C=O) groups excluding carboxylic acids is 2. The van der Waals surface area contributed by atoms with Gasteiger partial charge in [0.1, 0.15) is 17.8 Å². The smallest absolute Gasteiger partial charge is 0.403 e. The number of aryl methyl sites for hydroxylation is 1. The van der Waals surface area contributed by atoms with Crippen molar-refractivity contribution in [2.24, 2.45) is 12.5 Å². The molecule has 2 aliphatic rings. The monoisotopic (exact) mass is 663 g/mol. The minimum absolute atomic E-state index is 0.0541. The van der Waals surface area contributed by atoms with E-state index in [-0.39, 0.29) is 72.9 Å². The Balaban J connectivity index is 1.36. The maximum absolute atomic E-state index is 13.6. The van der Waals surface area contributed by atoms with Crippen LogP contribution in [0.2, 0.25) is 5.02 Å². The topological polar surface area (TPSA) is 97.3 Å². The third kappa shape index (κ3) is 7.07. The van der Waals surface area contributed by atoms with Crippen LogP contribution in [0, 0.1) is 5.41 Å². The summed E-state index contributed by atoms with van der Waals surface area (Å²) in [5.74, 6) is -4.53. The van der Waals surface area contributed by atoms with Gasteiger partial charge in [0.05, 0.1) is 27.3 Å². The largest absolute Gasteiger partial charge is 0.487 e. The number of hydrogen-bond donors (Lipinski definition) is 3. The predicted molar refractivity (Wildman–Crippen MR) is 151 cm³/mol. The summed E-state index contributed by atoms with van der Waals surface area (Å²) in [6, 6.07) is 6.74. The number of halogens is 8. The molecule has 2 fully saturated rings. The van der Waals surface area contributed by atoms with Crippen molar-refractivity contribution < 1.29 is 45.1 Å². The second-order valence-electron chi connectivity index (χ2n) is 11.3. The van der Waals surface area contributed by atoms with Crippen LogP contribution in [0.1, 0.15) is 54.4 Å². The van der Waals surface area contributed by atoms with Crippen molar-refractivity contribution in [3.63, 3.8) is 0 Å². The van der Waals surface area contributed by atoms with Crippen molar-refractivity contribution in [3.05, 3.63) is 46.5 Å². The van der Waals surface area contributed by atoms with Gasteiger partial charge in [0.25, 0.3) is 12.3 Å². The molecule has 0 unspecified atom stereocenters.